The van der Waals surface area contributed by atoms with Gasteiger partial charge >= 0.3 is 0 Å². The second-order valence-corrected chi connectivity index (χ2v) is 6.28. The summed E-state index contributed by atoms with van der Waals surface area (Å²) in [5.74, 6) is -0.255. The van der Waals surface area contributed by atoms with Gasteiger partial charge in [0.05, 0.1) is 21.1 Å². The number of halogens is 1. The molecule has 3 rings (SSSR count). The summed E-state index contributed by atoms with van der Waals surface area (Å²) in [5.41, 5.74) is 4.09. The Kier molecular flexibility index (Phi) is 4.40. The van der Waals surface area contributed by atoms with E-state index in [1.54, 1.807) is 24.3 Å². The highest BCUT2D eigenvalue weighted by atomic mass is 35.5. The lowest BCUT2D eigenvalue weighted by Crippen LogP contribution is -2.17. The van der Waals surface area contributed by atoms with Crippen molar-refractivity contribution in [3.63, 3.8) is 0 Å². The van der Waals surface area contributed by atoms with Crippen molar-refractivity contribution >= 4 is 35.1 Å². The zero-order chi connectivity index (χ0) is 16.2. The lowest BCUT2D eigenvalue weighted by Gasteiger charge is -1.95. The Hall–Kier alpha value is -2.64. The van der Waals surface area contributed by atoms with E-state index in [0.717, 1.165) is 16.1 Å². The standard InChI is InChI=1S/C15H11ClN4O2S/c16-14-6-5-13(23-14)11-7-12(19-18-11)15(22)20-17-8-9-1-3-10(21)4-2-9/h1-8,21H,(H,18,19)(H,20,22)/b17-8+. The van der Waals surface area contributed by atoms with Crippen LogP contribution in [0.25, 0.3) is 10.6 Å². The highest BCUT2D eigenvalue weighted by molar-refractivity contribution is 7.19. The van der Waals surface area contributed by atoms with Crippen LogP contribution in [0.1, 0.15) is 16.1 Å². The molecule has 3 N–H and O–H groups in total. The SMILES string of the molecule is O=C(N/N=C/c1ccc(O)cc1)c1cc(-c2ccc(Cl)s2)[nH]n1. The molecule has 0 bridgehead atoms. The molecule has 1 aromatic carbocycles. The fraction of sp³-hybridized carbons (Fsp3) is 0. The molecule has 8 heteroatoms. The molecule has 2 heterocycles. The minimum Gasteiger partial charge on any atom is -0.508 e. The van der Waals surface area contributed by atoms with Gasteiger partial charge in [-0.05, 0) is 48.0 Å². The molecule has 0 aliphatic rings. The highest BCUT2D eigenvalue weighted by Gasteiger charge is 2.11. The zero-order valence-corrected chi connectivity index (χ0v) is 13.2. The number of hydrogen-bond acceptors (Lipinski definition) is 5. The summed E-state index contributed by atoms with van der Waals surface area (Å²) in [5, 5.41) is 19.8. The first-order chi connectivity index (χ1) is 11.1. The van der Waals surface area contributed by atoms with E-state index in [4.69, 9.17) is 11.6 Å². The average molecular weight is 347 g/mol. The number of carbonyl (C=O) groups excluding carboxylic acids is 1. The van der Waals surface area contributed by atoms with Crippen LogP contribution < -0.4 is 5.43 Å². The molecule has 1 amide bonds. The number of nitrogens with one attached hydrogen (secondary N) is 2. The Bertz CT molecular complexity index is 855. The number of aromatic hydroxyl groups is 1. The normalized spacial score (nSPS) is 11.0. The third-order valence-electron chi connectivity index (χ3n) is 2.92. The van der Waals surface area contributed by atoms with Crippen LogP contribution >= 0.6 is 22.9 Å². The van der Waals surface area contributed by atoms with Gasteiger partial charge in [0.2, 0.25) is 0 Å². The van der Waals surface area contributed by atoms with Crippen molar-refractivity contribution in [2.75, 3.05) is 0 Å². The Balaban J connectivity index is 1.64. The minimum atomic E-state index is -0.426. The lowest BCUT2D eigenvalue weighted by molar-refractivity contribution is 0.0950. The van der Waals surface area contributed by atoms with E-state index in [-0.39, 0.29) is 11.4 Å². The van der Waals surface area contributed by atoms with E-state index in [1.807, 2.05) is 6.07 Å². The summed E-state index contributed by atoms with van der Waals surface area (Å²) in [4.78, 5) is 12.9. The van der Waals surface area contributed by atoms with Crippen molar-refractivity contribution in [3.05, 3.63) is 58.1 Å². The average Bonchev–Trinajstić information content (AvgIpc) is 3.18. The smallest absolute Gasteiger partial charge is 0.291 e. The Morgan fingerprint density at radius 1 is 1.30 bits per heavy atom. The molecule has 2 aromatic heterocycles. The molecule has 0 saturated heterocycles. The lowest BCUT2D eigenvalue weighted by atomic mass is 10.2. The molecule has 0 unspecified atom stereocenters. The van der Waals surface area contributed by atoms with Crippen LogP contribution in [0.4, 0.5) is 0 Å². The zero-order valence-electron chi connectivity index (χ0n) is 11.7. The van der Waals surface area contributed by atoms with Crippen LogP contribution in [0.2, 0.25) is 4.34 Å². The number of phenolic OH excluding ortho intramolecular Hbond substituents is 1. The van der Waals surface area contributed by atoms with Crippen LogP contribution in [-0.4, -0.2) is 27.4 Å². The van der Waals surface area contributed by atoms with Gasteiger partial charge in [0.1, 0.15) is 5.75 Å². The summed E-state index contributed by atoms with van der Waals surface area (Å²) >= 11 is 7.28. The molecular formula is C15H11ClN4O2S. The number of phenols is 1. The van der Waals surface area contributed by atoms with Gasteiger partial charge in [0.15, 0.2) is 5.69 Å². The number of amides is 1. The van der Waals surface area contributed by atoms with Crippen LogP contribution in [0.3, 0.4) is 0 Å². The van der Waals surface area contributed by atoms with Gasteiger partial charge in [-0.3, -0.25) is 9.89 Å². The minimum absolute atomic E-state index is 0.170. The van der Waals surface area contributed by atoms with Crippen molar-refractivity contribution in [2.45, 2.75) is 0 Å². The molecule has 0 spiro atoms. The van der Waals surface area contributed by atoms with Gasteiger partial charge in [0, 0.05) is 0 Å². The summed E-state index contributed by atoms with van der Waals surface area (Å²) in [7, 11) is 0. The Morgan fingerprint density at radius 3 is 2.78 bits per heavy atom. The summed E-state index contributed by atoms with van der Waals surface area (Å²) in [6, 6.07) is 11.7. The molecule has 6 nitrogen and oxygen atoms in total. The molecule has 0 saturated carbocycles. The first-order valence-corrected chi connectivity index (χ1v) is 7.75. The van der Waals surface area contributed by atoms with E-state index in [1.165, 1.54) is 29.7 Å². The van der Waals surface area contributed by atoms with E-state index in [0.29, 0.717) is 4.34 Å². The highest BCUT2D eigenvalue weighted by Crippen LogP contribution is 2.29. The number of hydrogen-bond donors (Lipinski definition) is 3. The molecule has 0 atom stereocenters. The maximum atomic E-state index is 12.0. The predicted molar refractivity (Wildman–Crippen MR) is 90.1 cm³/mol. The number of nitrogens with zero attached hydrogens (tertiary/aromatic N) is 2. The third-order valence-corrected chi connectivity index (χ3v) is 4.19. The first kappa shape index (κ1) is 15.3. The van der Waals surface area contributed by atoms with E-state index < -0.39 is 5.91 Å². The second kappa shape index (κ2) is 6.64. The van der Waals surface area contributed by atoms with Crippen molar-refractivity contribution in [1.82, 2.24) is 15.6 Å². The molecular weight excluding hydrogens is 336 g/mol. The van der Waals surface area contributed by atoms with Crippen LogP contribution in [0.5, 0.6) is 5.75 Å². The predicted octanol–water partition coefficient (Wildman–Crippen LogP) is 3.26. The van der Waals surface area contributed by atoms with E-state index >= 15 is 0 Å². The summed E-state index contributed by atoms with van der Waals surface area (Å²) in [6.45, 7) is 0. The number of thiophene rings is 1. The number of carbonyl (C=O) groups is 1. The number of benzene rings is 1. The molecule has 0 fully saturated rings. The monoisotopic (exact) mass is 346 g/mol. The number of aromatic amines is 1. The number of rotatable bonds is 4. The summed E-state index contributed by atoms with van der Waals surface area (Å²) in [6.07, 6.45) is 1.48. The van der Waals surface area contributed by atoms with Crippen molar-refractivity contribution in [1.29, 1.82) is 0 Å². The fourth-order valence-electron chi connectivity index (χ4n) is 1.81. The van der Waals surface area contributed by atoms with Crippen LogP contribution in [0, 0.1) is 0 Å². The van der Waals surface area contributed by atoms with E-state index in [2.05, 4.69) is 20.7 Å². The van der Waals surface area contributed by atoms with E-state index in [9.17, 15) is 9.90 Å². The molecule has 23 heavy (non-hydrogen) atoms. The van der Waals surface area contributed by atoms with Gasteiger partial charge in [0.25, 0.3) is 5.91 Å². The topological polar surface area (TPSA) is 90.4 Å². The molecule has 0 aliphatic heterocycles. The Labute approximate surface area is 140 Å². The largest absolute Gasteiger partial charge is 0.508 e. The maximum absolute atomic E-state index is 12.0. The van der Waals surface area contributed by atoms with Crippen molar-refractivity contribution in [2.24, 2.45) is 5.10 Å². The number of aromatic nitrogens is 2. The fourth-order valence-corrected chi connectivity index (χ4v) is 2.82. The van der Waals surface area contributed by atoms with Gasteiger partial charge in [-0.15, -0.1) is 11.3 Å². The molecule has 0 radical (unpaired) electrons. The maximum Gasteiger partial charge on any atom is 0.291 e. The van der Waals surface area contributed by atoms with Gasteiger partial charge in [-0.2, -0.15) is 10.2 Å². The molecule has 3 aromatic rings. The van der Waals surface area contributed by atoms with Crippen LogP contribution in [-0.2, 0) is 0 Å². The van der Waals surface area contributed by atoms with Crippen molar-refractivity contribution < 1.29 is 9.90 Å². The van der Waals surface area contributed by atoms with Gasteiger partial charge in [-0.1, -0.05) is 11.6 Å². The van der Waals surface area contributed by atoms with Gasteiger partial charge in [-0.25, -0.2) is 5.43 Å². The van der Waals surface area contributed by atoms with Crippen LogP contribution in [0.15, 0.2) is 47.6 Å². The second-order valence-electron chi connectivity index (χ2n) is 4.56. The van der Waals surface area contributed by atoms with Crippen molar-refractivity contribution in [3.8, 4) is 16.3 Å². The summed E-state index contributed by atoms with van der Waals surface area (Å²) < 4.78 is 0.666. The molecule has 0 aliphatic carbocycles. The third kappa shape index (κ3) is 3.77. The molecule has 116 valence electrons. The van der Waals surface area contributed by atoms with Gasteiger partial charge < -0.3 is 5.11 Å². The number of hydrazone groups is 1. The number of H-pyrrole nitrogens is 1. The Morgan fingerprint density at radius 2 is 2.09 bits per heavy atom. The quantitative estimate of drug-likeness (QED) is 0.500. The first-order valence-electron chi connectivity index (χ1n) is 6.55.